The number of hydrogen-bond acceptors (Lipinski definition) is 3. The smallest absolute Gasteiger partial charge is 0.255 e. The Bertz CT molecular complexity index is 628. The second kappa shape index (κ2) is 7.51. The van der Waals surface area contributed by atoms with Crippen molar-refractivity contribution in [3.63, 3.8) is 0 Å². The van der Waals surface area contributed by atoms with Crippen LogP contribution in [0.5, 0.6) is 0 Å². The molecule has 1 saturated carbocycles. The zero-order valence-corrected chi connectivity index (χ0v) is 14.7. The molecule has 1 N–H and O–H groups in total. The third kappa shape index (κ3) is 3.89. The number of amides is 1. The fourth-order valence-electron chi connectivity index (χ4n) is 3.56. The van der Waals surface area contributed by atoms with Gasteiger partial charge in [-0.1, -0.05) is 20.3 Å². The van der Waals surface area contributed by atoms with Crippen LogP contribution in [0.1, 0.15) is 67.9 Å². The number of H-pyrrole nitrogens is 1. The van der Waals surface area contributed by atoms with E-state index in [1.54, 1.807) is 6.07 Å². The van der Waals surface area contributed by atoms with Crippen molar-refractivity contribution in [1.29, 1.82) is 0 Å². The molecule has 132 valence electrons. The van der Waals surface area contributed by atoms with Crippen LogP contribution in [0.3, 0.4) is 0 Å². The highest BCUT2D eigenvalue weighted by Gasteiger charge is 2.29. The summed E-state index contributed by atoms with van der Waals surface area (Å²) in [6, 6.07) is 3.13. The molecule has 2 heterocycles. The summed E-state index contributed by atoms with van der Waals surface area (Å²) in [7, 11) is 0. The molecule has 1 amide bonds. The molecule has 0 spiro atoms. The Morgan fingerprint density at radius 2 is 2.04 bits per heavy atom. The summed E-state index contributed by atoms with van der Waals surface area (Å²) in [5.41, 5.74) is 1.21. The topological polar surface area (TPSA) is 62.4 Å². The third-order valence-corrected chi connectivity index (χ3v) is 5.20. The van der Waals surface area contributed by atoms with Crippen molar-refractivity contribution in [2.45, 2.75) is 58.0 Å². The van der Waals surface area contributed by atoms with Crippen molar-refractivity contribution >= 4 is 5.91 Å². The first-order valence-corrected chi connectivity index (χ1v) is 9.18. The minimum absolute atomic E-state index is 0.0253. The van der Waals surface area contributed by atoms with Crippen LogP contribution in [0.25, 0.3) is 0 Å². The van der Waals surface area contributed by atoms with Gasteiger partial charge in [-0.15, -0.1) is 0 Å². The van der Waals surface area contributed by atoms with E-state index in [1.807, 2.05) is 18.7 Å². The summed E-state index contributed by atoms with van der Waals surface area (Å²) in [5, 5.41) is 0. The molecule has 5 heteroatoms. The van der Waals surface area contributed by atoms with Crippen molar-refractivity contribution in [1.82, 2.24) is 9.88 Å². The van der Waals surface area contributed by atoms with Gasteiger partial charge in [-0.2, -0.15) is 0 Å². The van der Waals surface area contributed by atoms with Crippen molar-refractivity contribution in [2.24, 2.45) is 5.92 Å². The van der Waals surface area contributed by atoms with Crippen molar-refractivity contribution in [3.05, 3.63) is 33.7 Å². The lowest BCUT2D eigenvalue weighted by atomic mass is 9.85. The summed E-state index contributed by atoms with van der Waals surface area (Å²) in [6.07, 6.45) is 5.93. The first kappa shape index (κ1) is 17.2. The standard InChI is InChI=1S/C19H28N2O3/c1-13(2)18-16(8-9-17(22)20-18)19(23)21(11-14-5-3-6-14)12-15-7-4-10-24-15/h8-9,13-15H,3-7,10-12H2,1-2H3,(H,20,22). The monoisotopic (exact) mass is 332 g/mol. The van der Waals surface area contributed by atoms with E-state index in [9.17, 15) is 9.59 Å². The Labute approximate surface area is 143 Å². The number of aromatic amines is 1. The van der Waals surface area contributed by atoms with Crippen LogP contribution in [-0.4, -0.2) is 41.6 Å². The van der Waals surface area contributed by atoms with Gasteiger partial charge in [0, 0.05) is 31.5 Å². The van der Waals surface area contributed by atoms with E-state index >= 15 is 0 Å². The molecule has 0 radical (unpaired) electrons. The zero-order valence-electron chi connectivity index (χ0n) is 14.7. The molecule has 2 fully saturated rings. The number of carbonyl (C=O) groups is 1. The highest BCUT2D eigenvalue weighted by Crippen LogP contribution is 2.29. The average molecular weight is 332 g/mol. The van der Waals surface area contributed by atoms with Gasteiger partial charge in [0.2, 0.25) is 5.56 Å². The van der Waals surface area contributed by atoms with Crippen LogP contribution in [-0.2, 0) is 4.74 Å². The molecular weight excluding hydrogens is 304 g/mol. The number of hydrogen-bond donors (Lipinski definition) is 1. The quantitative estimate of drug-likeness (QED) is 0.871. The van der Waals surface area contributed by atoms with Crippen molar-refractivity contribution in [3.8, 4) is 0 Å². The Morgan fingerprint density at radius 3 is 2.62 bits per heavy atom. The molecule has 1 aliphatic carbocycles. The first-order valence-electron chi connectivity index (χ1n) is 9.18. The highest BCUT2D eigenvalue weighted by molar-refractivity contribution is 5.95. The SMILES string of the molecule is CC(C)c1[nH]c(=O)ccc1C(=O)N(CC1CCC1)CC1CCCO1. The van der Waals surface area contributed by atoms with Crippen LogP contribution in [0, 0.1) is 5.92 Å². The van der Waals surface area contributed by atoms with Crippen LogP contribution in [0.2, 0.25) is 0 Å². The summed E-state index contributed by atoms with van der Waals surface area (Å²) in [4.78, 5) is 29.7. The van der Waals surface area contributed by atoms with E-state index in [4.69, 9.17) is 4.74 Å². The maximum absolute atomic E-state index is 13.2. The molecule has 2 aliphatic rings. The first-order chi connectivity index (χ1) is 11.5. The van der Waals surface area contributed by atoms with Crippen LogP contribution < -0.4 is 5.56 Å². The molecule has 1 unspecified atom stereocenters. The number of nitrogens with zero attached hydrogens (tertiary/aromatic N) is 1. The number of aromatic nitrogens is 1. The van der Waals surface area contributed by atoms with Crippen molar-refractivity contribution in [2.75, 3.05) is 19.7 Å². The van der Waals surface area contributed by atoms with Crippen LogP contribution in [0.4, 0.5) is 0 Å². The average Bonchev–Trinajstić information content (AvgIpc) is 3.01. The lowest BCUT2D eigenvalue weighted by Crippen LogP contribution is -2.42. The molecule has 24 heavy (non-hydrogen) atoms. The third-order valence-electron chi connectivity index (χ3n) is 5.20. The van der Waals surface area contributed by atoms with Crippen LogP contribution in [0.15, 0.2) is 16.9 Å². The Kier molecular flexibility index (Phi) is 5.39. The van der Waals surface area contributed by atoms with E-state index < -0.39 is 0 Å². The largest absolute Gasteiger partial charge is 0.376 e. The maximum atomic E-state index is 13.2. The van der Waals surface area contributed by atoms with Gasteiger partial charge in [0.15, 0.2) is 0 Å². The minimum atomic E-state index is -0.153. The summed E-state index contributed by atoms with van der Waals surface area (Å²) in [5.74, 6) is 0.740. The van der Waals surface area contributed by atoms with Crippen molar-refractivity contribution < 1.29 is 9.53 Å². The van der Waals surface area contributed by atoms with Gasteiger partial charge < -0.3 is 14.6 Å². The van der Waals surface area contributed by atoms with Gasteiger partial charge in [-0.3, -0.25) is 9.59 Å². The van der Waals surface area contributed by atoms with Gasteiger partial charge in [-0.05, 0) is 43.6 Å². The molecule has 5 nitrogen and oxygen atoms in total. The second-order valence-corrected chi connectivity index (χ2v) is 7.45. The molecule has 1 saturated heterocycles. The van der Waals surface area contributed by atoms with E-state index in [-0.39, 0.29) is 23.5 Å². The molecule has 3 rings (SSSR count). The lowest BCUT2D eigenvalue weighted by Gasteiger charge is -2.34. The molecular formula is C19H28N2O3. The van der Waals surface area contributed by atoms with Gasteiger partial charge in [-0.25, -0.2) is 0 Å². The van der Waals surface area contributed by atoms with E-state index in [0.717, 1.165) is 31.7 Å². The molecule has 1 aromatic heterocycles. The summed E-state index contributed by atoms with van der Waals surface area (Å²) < 4.78 is 5.75. The fourth-order valence-corrected chi connectivity index (χ4v) is 3.56. The van der Waals surface area contributed by atoms with E-state index in [2.05, 4.69) is 4.98 Å². The summed E-state index contributed by atoms with van der Waals surface area (Å²) >= 11 is 0. The number of rotatable bonds is 6. The normalized spacial score (nSPS) is 21.0. The predicted octanol–water partition coefficient (Wildman–Crippen LogP) is 2.92. The molecule has 1 aromatic rings. The van der Waals surface area contributed by atoms with Gasteiger partial charge >= 0.3 is 0 Å². The van der Waals surface area contributed by atoms with E-state index in [1.165, 1.54) is 25.3 Å². The van der Waals surface area contributed by atoms with Gasteiger partial charge in [0.05, 0.1) is 11.7 Å². The second-order valence-electron chi connectivity index (χ2n) is 7.45. The summed E-state index contributed by atoms with van der Waals surface area (Å²) in [6.45, 7) is 6.25. The minimum Gasteiger partial charge on any atom is -0.376 e. The Hall–Kier alpha value is -1.62. The fraction of sp³-hybridized carbons (Fsp3) is 0.684. The molecule has 0 bridgehead atoms. The van der Waals surface area contributed by atoms with Crippen LogP contribution >= 0.6 is 0 Å². The Morgan fingerprint density at radius 1 is 1.25 bits per heavy atom. The Balaban J connectivity index is 1.82. The molecule has 1 atom stereocenters. The van der Waals surface area contributed by atoms with Gasteiger partial charge in [0.25, 0.3) is 5.91 Å². The molecule has 1 aliphatic heterocycles. The van der Waals surface area contributed by atoms with E-state index in [0.29, 0.717) is 18.0 Å². The number of ether oxygens (including phenoxy) is 1. The number of pyridine rings is 1. The zero-order chi connectivity index (χ0) is 17.1. The lowest BCUT2D eigenvalue weighted by molar-refractivity contribution is 0.0446. The number of nitrogens with one attached hydrogen (secondary N) is 1. The number of carbonyl (C=O) groups excluding carboxylic acids is 1. The highest BCUT2D eigenvalue weighted by atomic mass is 16.5. The van der Waals surface area contributed by atoms with Gasteiger partial charge in [0.1, 0.15) is 0 Å². The molecule has 0 aromatic carbocycles. The predicted molar refractivity (Wildman–Crippen MR) is 93.4 cm³/mol. The maximum Gasteiger partial charge on any atom is 0.255 e.